The van der Waals surface area contributed by atoms with Gasteiger partial charge in [0.1, 0.15) is 5.82 Å². The lowest BCUT2D eigenvalue weighted by Gasteiger charge is -2.07. The summed E-state index contributed by atoms with van der Waals surface area (Å²) in [6.45, 7) is 0. The van der Waals surface area contributed by atoms with Crippen molar-refractivity contribution in [1.29, 1.82) is 0 Å². The lowest BCUT2D eigenvalue weighted by atomic mass is 10.1. The molecule has 0 spiro atoms. The van der Waals surface area contributed by atoms with Gasteiger partial charge in [-0.15, -0.1) is 10.2 Å². The molecular weight excluding hydrogens is 408 g/mol. The highest BCUT2D eigenvalue weighted by atomic mass is 79.9. The van der Waals surface area contributed by atoms with E-state index in [1.807, 2.05) is 29.8 Å². The minimum Gasteiger partial charge on any atom is -0.314 e. The zero-order valence-corrected chi connectivity index (χ0v) is 15.7. The van der Waals surface area contributed by atoms with Crippen molar-refractivity contribution in [3.8, 4) is 11.4 Å². The van der Waals surface area contributed by atoms with Crippen molar-refractivity contribution in [3.63, 3.8) is 0 Å². The van der Waals surface area contributed by atoms with Gasteiger partial charge in [-0.25, -0.2) is 0 Å². The van der Waals surface area contributed by atoms with E-state index in [1.54, 1.807) is 12.1 Å². The number of hydrogen-bond acceptors (Lipinski definition) is 4. The third-order valence-electron chi connectivity index (χ3n) is 3.96. The number of aromatic nitrogens is 3. The van der Waals surface area contributed by atoms with Gasteiger partial charge in [-0.3, -0.25) is 10.1 Å². The van der Waals surface area contributed by atoms with Crippen LogP contribution >= 0.6 is 27.5 Å². The number of benzene rings is 2. The van der Waals surface area contributed by atoms with E-state index in [0.29, 0.717) is 17.3 Å². The molecule has 2 aromatic carbocycles. The fourth-order valence-electron chi connectivity index (χ4n) is 2.57. The first-order valence-corrected chi connectivity index (χ1v) is 8.70. The van der Waals surface area contributed by atoms with Crippen molar-refractivity contribution in [2.45, 2.75) is 12.8 Å². The van der Waals surface area contributed by atoms with Gasteiger partial charge in [-0.2, -0.15) is 0 Å². The van der Waals surface area contributed by atoms with E-state index in [-0.39, 0.29) is 5.69 Å². The van der Waals surface area contributed by atoms with E-state index in [4.69, 9.17) is 11.6 Å². The zero-order chi connectivity index (χ0) is 18.0. The van der Waals surface area contributed by atoms with Crippen LogP contribution in [0.5, 0.6) is 0 Å². The molecule has 0 N–H and O–H groups in total. The van der Waals surface area contributed by atoms with Crippen molar-refractivity contribution < 1.29 is 4.92 Å². The molecule has 0 saturated heterocycles. The second kappa shape index (κ2) is 7.33. The van der Waals surface area contributed by atoms with Crippen LogP contribution in [0.3, 0.4) is 0 Å². The molecule has 0 radical (unpaired) electrons. The Bertz CT molecular complexity index is 905. The molecule has 0 amide bonds. The lowest BCUT2D eigenvalue weighted by Crippen LogP contribution is -2.02. The number of nitro benzene ring substituents is 1. The molecule has 6 nitrogen and oxygen atoms in total. The summed E-state index contributed by atoms with van der Waals surface area (Å²) >= 11 is 9.77. The number of nitro groups is 1. The van der Waals surface area contributed by atoms with Crippen LogP contribution < -0.4 is 0 Å². The van der Waals surface area contributed by atoms with Crippen LogP contribution in [0.1, 0.15) is 11.4 Å². The van der Waals surface area contributed by atoms with Gasteiger partial charge in [0.05, 0.1) is 4.92 Å². The molecule has 3 rings (SSSR count). The second-order valence-corrected chi connectivity index (χ2v) is 6.76. The molecule has 1 heterocycles. The van der Waals surface area contributed by atoms with Crippen LogP contribution in [0.4, 0.5) is 5.69 Å². The summed E-state index contributed by atoms with van der Waals surface area (Å²) in [4.78, 5) is 10.3. The number of non-ortho nitro benzene ring substituents is 1. The molecule has 0 aliphatic rings. The van der Waals surface area contributed by atoms with Crippen LogP contribution in [-0.4, -0.2) is 19.7 Å². The first-order chi connectivity index (χ1) is 12.0. The summed E-state index contributed by atoms with van der Waals surface area (Å²) in [5.74, 6) is 1.49. The third-order valence-corrected chi connectivity index (χ3v) is 5.06. The smallest absolute Gasteiger partial charge is 0.269 e. The summed E-state index contributed by atoms with van der Waals surface area (Å²) < 4.78 is 2.86. The molecule has 1 aromatic heterocycles. The van der Waals surface area contributed by atoms with Crippen LogP contribution in [0.25, 0.3) is 11.4 Å². The molecule has 0 unspecified atom stereocenters. The normalized spacial score (nSPS) is 10.8. The highest BCUT2D eigenvalue weighted by Crippen LogP contribution is 2.26. The van der Waals surface area contributed by atoms with Gasteiger partial charge in [0.15, 0.2) is 5.82 Å². The fourth-order valence-corrected chi connectivity index (χ4v) is 3.52. The molecule has 3 aromatic rings. The fraction of sp³-hybridized carbons (Fsp3) is 0.176. The van der Waals surface area contributed by atoms with Gasteiger partial charge >= 0.3 is 0 Å². The Morgan fingerprint density at radius 1 is 1.16 bits per heavy atom. The van der Waals surface area contributed by atoms with E-state index in [9.17, 15) is 10.1 Å². The Balaban J connectivity index is 1.80. The predicted molar refractivity (Wildman–Crippen MR) is 99.7 cm³/mol. The Labute approximate surface area is 157 Å². The molecule has 0 atom stereocenters. The van der Waals surface area contributed by atoms with Crippen LogP contribution in [0, 0.1) is 10.1 Å². The van der Waals surface area contributed by atoms with Gasteiger partial charge in [0.2, 0.25) is 0 Å². The number of nitrogens with zero attached hydrogens (tertiary/aromatic N) is 4. The Morgan fingerprint density at radius 3 is 2.52 bits per heavy atom. The highest BCUT2D eigenvalue weighted by molar-refractivity contribution is 9.10. The van der Waals surface area contributed by atoms with Crippen LogP contribution in [0.15, 0.2) is 46.9 Å². The minimum absolute atomic E-state index is 0.0507. The molecule has 0 aliphatic carbocycles. The van der Waals surface area contributed by atoms with Gasteiger partial charge in [-0.1, -0.05) is 33.6 Å². The summed E-state index contributed by atoms with van der Waals surface area (Å²) in [7, 11) is 1.88. The maximum Gasteiger partial charge on any atom is 0.269 e. The van der Waals surface area contributed by atoms with Crippen molar-refractivity contribution in [2.24, 2.45) is 7.05 Å². The first kappa shape index (κ1) is 17.6. The van der Waals surface area contributed by atoms with Crippen LogP contribution in [-0.2, 0) is 19.9 Å². The molecule has 25 heavy (non-hydrogen) atoms. The van der Waals surface area contributed by atoms with E-state index in [2.05, 4.69) is 26.1 Å². The Morgan fingerprint density at radius 2 is 1.88 bits per heavy atom. The quantitative estimate of drug-likeness (QED) is 0.446. The lowest BCUT2D eigenvalue weighted by molar-refractivity contribution is -0.384. The molecule has 0 bridgehead atoms. The standard InChI is InChI=1S/C17H14BrClN4O2/c1-22-16(10-9-13-14(18)3-2-4-15(13)19)20-21-17(22)11-5-7-12(8-6-11)23(24)25/h2-8H,9-10H2,1H3. The molecular formula is C17H14BrClN4O2. The van der Waals surface area contributed by atoms with Gasteiger partial charge in [0.25, 0.3) is 5.69 Å². The molecule has 128 valence electrons. The largest absolute Gasteiger partial charge is 0.314 e. The van der Waals surface area contributed by atoms with Crippen molar-refractivity contribution >= 4 is 33.2 Å². The number of aryl methyl sites for hydroxylation is 1. The SMILES string of the molecule is Cn1c(CCc2c(Cl)cccc2Br)nnc1-c1ccc([N+](=O)[O-])cc1. The topological polar surface area (TPSA) is 73.8 Å². The minimum atomic E-state index is -0.423. The number of halogens is 2. The van der Waals surface area contributed by atoms with E-state index in [1.165, 1.54) is 12.1 Å². The summed E-state index contributed by atoms with van der Waals surface area (Å²) in [6.07, 6.45) is 1.41. The van der Waals surface area contributed by atoms with Crippen molar-refractivity contribution in [3.05, 3.63) is 73.5 Å². The molecule has 0 fully saturated rings. The predicted octanol–water partition coefficient (Wildman–Crippen LogP) is 4.59. The average molecular weight is 422 g/mol. The van der Waals surface area contributed by atoms with Gasteiger partial charge in [0, 0.05) is 40.7 Å². The average Bonchev–Trinajstić information content (AvgIpc) is 2.95. The van der Waals surface area contributed by atoms with Gasteiger partial charge < -0.3 is 4.57 Å². The zero-order valence-electron chi connectivity index (χ0n) is 13.3. The molecule has 0 saturated carbocycles. The highest BCUT2D eigenvalue weighted by Gasteiger charge is 2.14. The summed E-state index contributed by atoms with van der Waals surface area (Å²) in [5, 5.41) is 19.9. The molecule has 0 aliphatic heterocycles. The van der Waals surface area contributed by atoms with E-state index in [0.717, 1.165) is 27.8 Å². The third kappa shape index (κ3) is 3.72. The van der Waals surface area contributed by atoms with E-state index >= 15 is 0 Å². The Kier molecular flexibility index (Phi) is 5.15. The first-order valence-electron chi connectivity index (χ1n) is 7.53. The van der Waals surface area contributed by atoms with Crippen molar-refractivity contribution in [2.75, 3.05) is 0 Å². The summed E-state index contributed by atoms with van der Waals surface area (Å²) in [5.41, 5.74) is 1.87. The second-order valence-electron chi connectivity index (χ2n) is 5.50. The number of hydrogen-bond donors (Lipinski definition) is 0. The summed E-state index contributed by atoms with van der Waals surface area (Å²) in [6, 6.07) is 12.0. The monoisotopic (exact) mass is 420 g/mol. The Hall–Kier alpha value is -2.25. The maximum atomic E-state index is 10.8. The van der Waals surface area contributed by atoms with Crippen molar-refractivity contribution in [1.82, 2.24) is 14.8 Å². The van der Waals surface area contributed by atoms with E-state index < -0.39 is 4.92 Å². The van der Waals surface area contributed by atoms with Gasteiger partial charge in [-0.05, 0) is 36.2 Å². The maximum absolute atomic E-state index is 10.8. The van der Waals surface area contributed by atoms with Crippen LogP contribution in [0.2, 0.25) is 5.02 Å². The number of rotatable bonds is 5. The molecule has 8 heteroatoms.